The molecular weight excluding hydrogens is 216 g/mol. The third-order valence-corrected chi connectivity index (χ3v) is 4.12. The Balaban J connectivity index is 2.10. The quantitative estimate of drug-likeness (QED) is 0.784. The first-order chi connectivity index (χ1) is 8.08. The molecule has 2 saturated heterocycles. The van der Waals surface area contributed by atoms with E-state index in [4.69, 9.17) is 15.2 Å². The van der Waals surface area contributed by atoms with Crippen molar-refractivity contribution in [3.05, 3.63) is 0 Å². The lowest BCUT2D eigenvalue weighted by Crippen LogP contribution is -2.61. The highest BCUT2D eigenvalue weighted by atomic mass is 16.5. The van der Waals surface area contributed by atoms with Gasteiger partial charge >= 0.3 is 0 Å². The standard InChI is InChI=1S/C13H26N2O2/c1-12(2)11-15(6-9-17-12)13(10-14)4-3-7-16-8-5-13/h3-11,14H2,1-2H3. The van der Waals surface area contributed by atoms with Crippen LogP contribution in [0.2, 0.25) is 0 Å². The molecule has 1 atom stereocenters. The molecule has 0 bridgehead atoms. The lowest BCUT2D eigenvalue weighted by Gasteiger charge is -2.49. The van der Waals surface area contributed by atoms with Crippen molar-refractivity contribution in [1.29, 1.82) is 0 Å². The normalized spacial score (nSPS) is 35.5. The van der Waals surface area contributed by atoms with Gasteiger partial charge in [0.2, 0.25) is 0 Å². The van der Waals surface area contributed by atoms with E-state index in [1.54, 1.807) is 0 Å². The largest absolute Gasteiger partial charge is 0.381 e. The van der Waals surface area contributed by atoms with Crippen LogP contribution in [-0.4, -0.2) is 55.5 Å². The number of ether oxygens (including phenoxy) is 2. The summed E-state index contributed by atoms with van der Waals surface area (Å²) in [6, 6.07) is 0. The molecule has 100 valence electrons. The summed E-state index contributed by atoms with van der Waals surface area (Å²) in [5.41, 5.74) is 6.18. The Morgan fingerprint density at radius 2 is 2.00 bits per heavy atom. The first kappa shape index (κ1) is 13.3. The van der Waals surface area contributed by atoms with E-state index in [1.165, 1.54) is 0 Å². The van der Waals surface area contributed by atoms with E-state index < -0.39 is 0 Å². The summed E-state index contributed by atoms with van der Waals surface area (Å²) in [5.74, 6) is 0. The molecule has 1 unspecified atom stereocenters. The van der Waals surface area contributed by atoms with E-state index in [-0.39, 0.29) is 11.1 Å². The number of hydrogen-bond donors (Lipinski definition) is 1. The Morgan fingerprint density at radius 1 is 1.18 bits per heavy atom. The molecule has 0 aliphatic carbocycles. The third-order valence-electron chi connectivity index (χ3n) is 4.12. The zero-order valence-corrected chi connectivity index (χ0v) is 11.2. The molecule has 0 spiro atoms. The van der Waals surface area contributed by atoms with Gasteiger partial charge in [-0.05, 0) is 33.1 Å². The zero-order valence-electron chi connectivity index (χ0n) is 11.2. The van der Waals surface area contributed by atoms with E-state index >= 15 is 0 Å². The summed E-state index contributed by atoms with van der Waals surface area (Å²) in [6.07, 6.45) is 3.33. The van der Waals surface area contributed by atoms with E-state index in [9.17, 15) is 0 Å². The molecule has 2 N–H and O–H groups in total. The zero-order chi connectivity index (χ0) is 12.4. The topological polar surface area (TPSA) is 47.7 Å². The van der Waals surface area contributed by atoms with Gasteiger partial charge < -0.3 is 15.2 Å². The second-order valence-corrected chi connectivity index (χ2v) is 5.92. The van der Waals surface area contributed by atoms with Crippen molar-refractivity contribution in [2.45, 2.75) is 44.2 Å². The Bertz CT molecular complexity index is 248. The molecule has 0 aromatic heterocycles. The highest BCUT2D eigenvalue weighted by molar-refractivity contribution is 4.96. The fourth-order valence-corrected chi connectivity index (χ4v) is 3.06. The van der Waals surface area contributed by atoms with Gasteiger partial charge in [0, 0.05) is 38.4 Å². The van der Waals surface area contributed by atoms with Crippen LogP contribution < -0.4 is 5.73 Å². The molecule has 2 rings (SSSR count). The Labute approximate surface area is 104 Å². The van der Waals surface area contributed by atoms with Crippen LogP contribution in [0.1, 0.15) is 33.1 Å². The van der Waals surface area contributed by atoms with Gasteiger partial charge in [0.1, 0.15) is 0 Å². The van der Waals surface area contributed by atoms with E-state index in [1.807, 2.05) is 0 Å². The summed E-state index contributed by atoms with van der Waals surface area (Å²) >= 11 is 0. The summed E-state index contributed by atoms with van der Waals surface area (Å²) in [7, 11) is 0. The van der Waals surface area contributed by atoms with Crippen LogP contribution in [-0.2, 0) is 9.47 Å². The minimum atomic E-state index is -0.0480. The molecule has 2 fully saturated rings. The fourth-order valence-electron chi connectivity index (χ4n) is 3.06. The molecule has 2 aliphatic rings. The number of nitrogens with zero attached hydrogens (tertiary/aromatic N) is 1. The van der Waals surface area contributed by atoms with Crippen molar-refractivity contribution in [2.75, 3.05) is 39.5 Å². The van der Waals surface area contributed by atoms with Gasteiger partial charge in [-0.2, -0.15) is 0 Å². The molecule has 4 heteroatoms. The molecular formula is C13H26N2O2. The smallest absolute Gasteiger partial charge is 0.0753 e. The van der Waals surface area contributed by atoms with Crippen LogP contribution in [0.5, 0.6) is 0 Å². The van der Waals surface area contributed by atoms with E-state index in [0.717, 1.165) is 58.7 Å². The monoisotopic (exact) mass is 242 g/mol. The second kappa shape index (κ2) is 5.22. The van der Waals surface area contributed by atoms with Crippen molar-refractivity contribution in [3.8, 4) is 0 Å². The Hall–Kier alpha value is -0.160. The van der Waals surface area contributed by atoms with Crippen LogP contribution in [0.4, 0.5) is 0 Å². The van der Waals surface area contributed by atoms with Crippen LogP contribution in [0.3, 0.4) is 0 Å². The summed E-state index contributed by atoms with van der Waals surface area (Å²) in [6.45, 7) is 9.57. The van der Waals surface area contributed by atoms with Gasteiger partial charge in [-0.15, -0.1) is 0 Å². The van der Waals surface area contributed by atoms with Gasteiger partial charge in [0.05, 0.1) is 12.2 Å². The van der Waals surface area contributed by atoms with Gasteiger partial charge in [-0.1, -0.05) is 0 Å². The average molecular weight is 242 g/mol. The lowest BCUT2D eigenvalue weighted by atomic mass is 9.86. The van der Waals surface area contributed by atoms with Gasteiger partial charge in [0.15, 0.2) is 0 Å². The first-order valence-electron chi connectivity index (χ1n) is 6.75. The maximum atomic E-state index is 6.09. The van der Waals surface area contributed by atoms with Crippen LogP contribution in [0.15, 0.2) is 0 Å². The molecule has 4 nitrogen and oxygen atoms in total. The average Bonchev–Trinajstić information content (AvgIpc) is 2.53. The Morgan fingerprint density at radius 3 is 2.71 bits per heavy atom. The molecule has 0 radical (unpaired) electrons. The minimum Gasteiger partial charge on any atom is -0.381 e. The number of nitrogens with two attached hydrogens (primary N) is 1. The number of rotatable bonds is 2. The van der Waals surface area contributed by atoms with E-state index in [0.29, 0.717) is 0 Å². The summed E-state index contributed by atoms with van der Waals surface area (Å²) in [4.78, 5) is 2.55. The molecule has 0 aromatic rings. The lowest BCUT2D eigenvalue weighted by molar-refractivity contribution is -0.118. The van der Waals surface area contributed by atoms with Gasteiger partial charge in [0.25, 0.3) is 0 Å². The summed E-state index contributed by atoms with van der Waals surface area (Å²) in [5, 5.41) is 0. The van der Waals surface area contributed by atoms with Crippen molar-refractivity contribution < 1.29 is 9.47 Å². The van der Waals surface area contributed by atoms with Crippen LogP contribution >= 0.6 is 0 Å². The van der Waals surface area contributed by atoms with Crippen LogP contribution in [0.25, 0.3) is 0 Å². The molecule has 0 amide bonds. The van der Waals surface area contributed by atoms with Crippen LogP contribution in [0, 0.1) is 0 Å². The van der Waals surface area contributed by atoms with Crippen molar-refractivity contribution >= 4 is 0 Å². The molecule has 0 aromatic carbocycles. The molecule has 2 heterocycles. The highest BCUT2D eigenvalue weighted by Gasteiger charge is 2.40. The summed E-state index contributed by atoms with van der Waals surface area (Å²) < 4.78 is 11.4. The Kier molecular flexibility index (Phi) is 4.08. The SMILES string of the molecule is CC1(C)CN(C2(CN)CCCOCC2)CCO1. The van der Waals surface area contributed by atoms with Gasteiger partial charge in [-0.3, -0.25) is 4.90 Å². The van der Waals surface area contributed by atoms with Crippen molar-refractivity contribution in [1.82, 2.24) is 4.90 Å². The maximum absolute atomic E-state index is 6.09. The van der Waals surface area contributed by atoms with Crippen molar-refractivity contribution in [2.24, 2.45) is 5.73 Å². The predicted molar refractivity (Wildman–Crippen MR) is 68.1 cm³/mol. The van der Waals surface area contributed by atoms with Gasteiger partial charge in [-0.25, -0.2) is 0 Å². The number of morpholine rings is 1. The molecule has 0 saturated carbocycles. The maximum Gasteiger partial charge on any atom is 0.0753 e. The van der Waals surface area contributed by atoms with Crippen molar-refractivity contribution in [3.63, 3.8) is 0 Å². The minimum absolute atomic E-state index is 0.0480. The molecule has 2 aliphatic heterocycles. The second-order valence-electron chi connectivity index (χ2n) is 5.92. The third kappa shape index (κ3) is 2.99. The highest BCUT2D eigenvalue weighted by Crippen LogP contribution is 2.31. The first-order valence-corrected chi connectivity index (χ1v) is 6.75. The number of hydrogen-bond acceptors (Lipinski definition) is 4. The van der Waals surface area contributed by atoms with E-state index in [2.05, 4.69) is 18.7 Å². The molecule has 17 heavy (non-hydrogen) atoms. The predicted octanol–water partition coefficient (Wildman–Crippen LogP) is 0.995. The fraction of sp³-hybridized carbons (Fsp3) is 1.00.